The summed E-state index contributed by atoms with van der Waals surface area (Å²) in [5, 5.41) is 13.2. The SMILES string of the molecule is COC=O.Cc1ccc(C(C)/C(=N\C2(NC=O)CCC(C(C)(C)C)CC2)c2cccc(O)c2)cc1. The molecule has 1 amide bonds. The van der Waals surface area contributed by atoms with Crippen molar-refractivity contribution in [1.82, 2.24) is 5.32 Å². The summed E-state index contributed by atoms with van der Waals surface area (Å²) in [6, 6.07) is 15.8. The van der Waals surface area contributed by atoms with E-state index in [0.717, 1.165) is 48.9 Å². The van der Waals surface area contributed by atoms with Crippen LogP contribution in [0.3, 0.4) is 0 Å². The Bertz CT molecular complexity index is 984. The summed E-state index contributed by atoms with van der Waals surface area (Å²) in [7, 11) is 1.31. The summed E-state index contributed by atoms with van der Waals surface area (Å²) in [5.41, 5.74) is 3.80. The van der Waals surface area contributed by atoms with Crippen molar-refractivity contribution in [1.29, 1.82) is 0 Å². The van der Waals surface area contributed by atoms with Crippen LogP contribution in [0, 0.1) is 18.3 Å². The molecule has 2 N–H and O–H groups in total. The minimum Gasteiger partial charge on any atom is -0.508 e. The molecule has 0 aromatic heterocycles. The number of rotatable bonds is 7. The molecule has 0 spiro atoms. The van der Waals surface area contributed by atoms with Gasteiger partial charge in [-0.05, 0) is 67.2 Å². The Morgan fingerprint density at radius 1 is 1.14 bits per heavy atom. The average Bonchev–Trinajstić information content (AvgIpc) is 2.83. The summed E-state index contributed by atoms with van der Waals surface area (Å²) in [6.07, 6.45) is 4.48. The van der Waals surface area contributed by atoms with Gasteiger partial charge in [-0.3, -0.25) is 14.6 Å². The number of benzene rings is 2. The third-order valence-corrected chi connectivity index (χ3v) is 6.93. The van der Waals surface area contributed by atoms with Gasteiger partial charge in [-0.2, -0.15) is 0 Å². The average molecular weight is 481 g/mol. The van der Waals surface area contributed by atoms with Crippen LogP contribution in [0.25, 0.3) is 0 Å². The van der Waals surface area contributed by atoms with Gasteiger partial charge in [-0.25, -0.2) is 0 Å². The minimum atomic E-state index is -0.608. The number of phenolic OH excluding ortho intramolecular Hbond substituents is 1. The zero-order valence-corrected chi connectivity index (χ0v) is 21.9. The fourth-order valence-electron chi connectivity index (χ4n) is 4.68. The number of nitrogens with zero attached hydrogens (tertiary/aromatic N) is 1. The molecule has 1 fully saturated rings. The number of amides is 1. The molecule has 35 heavy (non-hydrogen) atoms. The highest BCUT2D eigenvalue weighted by atomic mass is 16.5. The number of methoxy groups -OCH3 is 1. The molecule has 6 heteroatoms. The number of carbonyl (C=O) groups is 2. The molecule has 1 unspecified atom stereocenters. The van der Waals surface area contributed by atoms with Crippen molar-refractivity contribution < 1.29 is 19.4 Å². The molecule has 2 aromatic carbocycles. The number of aryl methyl sites for hydroxylation is 1. The first-order valence-electron chi connectivity index (χ1n) is 12.2. The molecule has 0 heterocycles. The quantitative estimate of drug-likeness (QED) is 0.389. The first kappa shape index (κ1) is 28.1. The van der Waals surface area contributed by atoms with Gasteiger partial charge in [-0.1, -0.05) is 69.7 Å². The van der Waals surface area contributed by atoms with Crippen molar-refractivity contribution in [3.8, 4) is 5.75 Å². The van der Waals surface area contributed by atoms with Crippen LogP contribution < -0.4 is 5.32 Å². The molecule has 1 atom stereocenters. The van der Waals surface area contributed by atoms with E-state index >= 15 is 0 Å². The highest BCUT2D eigenvalue weighted by Gasteiger charge is 2.39. The Labute approximate surface area is 209 Å². The number of phenols is 1. The number of carbonyl (C=O) groups excluding carboxylic acids is 2. The molecule has 6 nitrogen and oxygen atoms in total. The Hall–Kier alpha value is -3.15. The van der Waals surface area contributed by atoms with Gasteiger partial charge in [0.25, 0.3) is 6.47 Å². The second-order valence-electron chi connectivity index (χ2n) is 10.4. The number of nitrogens with one attached hydrogen (secondary N) is 1. The maximum Gasteiger partial charge on any atom is 0.292 e. The summed E-state index contributed by atoms with van der Waals surface area (Å²) in [4.78, 5) is 25.8. The van der Waals surface area contributed by atoms with E-state index in [4.69, 9.17) is 9.79 Å². The second-order valence-corrected chi connectivity index (χ2v) is 10.4. The number of aliphatic imine (C=N–C) groups is 1. The zero-order valence-electron chi connectivity index (χ0n) is 21.9. The monoisotopic (exact) mass is 480 g/mol. The minimum absolute atomic E-state index is 0.0214. The second kappa shape index (κ2) is 12.5. The van der Waals surface area contributed by atoms with E-state index in [0.29, 0.717) is 12.4 Å². The molecule has 2 aromatic rings. The molecule has 0 bridgehead atoms. The Kier molecular flexibility index (Phi) is 10.1. The summed E-state index contributed by atoms with van der Waals surface area (Å²) >= 11 is 0. The lowest BCUT2D eigenvalue weighted by atomic mass is 9.69. The molecular weight excluding hydrogens is 440 g/mol. The normalized spacial score (nSPS) is 21.2. The van der Waals surface area contributed by atoms with Gasteiger partial charge < -0.3 is 15.2 Å². The molecule has 3 rings (SSSR count). The van der Waals surface area contributed by atoms with E-state index in [1.54, 1.807) is 12.1 Å². The van der Waals surface area contributed by atoms with Gasteiger partial charge >= 0.3 is 0 Å². The summed E-state index contributed by atoms with van der Waals surface area (Å²) < 4.78 is 3.86. The number of aromatic hydroxyl groups is 1. The van der Waals surface area contributed by atoms with Gasteiger partial charge in [0.05, 0.1) is 12.8 Å². The smallest absolute Gasteiger partial charge is 0.292 e. The van der Waals surface area contributed by atoms with Crippen LogP contribution in [-0.4, -0.2) is 36.5 Å². The third-order valence-electron chi connectivity index (χ3n) is 6.93. The number of hydrogen-bond donors (Lipinski definition) is 2. The van der Waals surface area contributed by atoms with E-state index in [1.807, 2.05) is 12.1 Å². The van der Waals surface area contributed by atoms with Gasteiger partial charge in [-0.15, -0.1) is 0 Å². The van der Waals surface area contributed by atoms with E-state index in [2.05, 4.69) is 68.9 Å². The Morgan fingerprint density at radius 3 is 2.23 bits per heavy atom. The molecule has 190 valence electrons. The van der Waals surface area contributed by atoms with Gasteiger partial charge in [0.1, 0.15) is 11.4 Å². The van der Waals surface area contributed by atoms with Crippen LogP contribution in [-0.2, 0) is 14.3 Å². The molecule has 0 radical (unpaired) electrons. The first-order chi connectivity index (χ1) is 16.5. The van der Waals surface area contributed by atoms with Crippen molar-refractivity contribution in [2.75, 3.05) is 7.11 Å². The maximum atomic E-state index is 11.6. The van der Waals surface area contributed by atoms with E-state index < -0.39 is 5.66 Å². The fourth-order valence-corrected chi connectivity index (χ4v) is 4.68. The molecule has 1 aliphatic rings. The van der Waals surface area contributed by atoms with Crippen molar-refractivity contribution in [3.63, 3.8) is 0 Å². The highest BCUT2D eigenvalue weighted by molar-refractivity contribution is 6.05. The van der Waals surface area contributed by atoms with Crippen LogP contribution >= 0.6 is 0 Å². The van der Waals surface area contributed by atoms with Crippen LogP contribution in [0.5, 0.6) is 5.75 Å². The highest BCUT2D eigenvalue weighted by Crippen LogP contribution is 2.42. The number of hydrogen-bond acceptors (Lipinski definition) is 5. The first-order valence-corrected chi connectivity index (χ1v) is 12.2. The standard InChI is InChI=1S/C27H36N2O2.C2H4O2/c1-19-9-11-21(12-10-19)20(2)25(22-7-6-8-24(31)17-22)29-27(28-18-30)15-13-23(14-16-27)26(3,4)5;1-4-2-3/h6-12,17-18,20,23,31H,13-16H2,1-5H3,(H,28,30);2H,1H3/b29-25+;. The van der Waals surface area contributed by atoms with Crippen molar-refractivity contribution in [2.24, 2.45) is 16.3 Å². The predicted molar refractivity (Wildman–Crippen MR) is 141 cm³/mol. The molecule has 0 aliphatic heterocycles. The van der Waals surface area contributed by atoms with Crippen molar-refractivity contribution in [3.05, 3.63) is 65.2 Å². The summed E-state index contributed by atoms with van der Waals surface area (Å²) in [6.45, 7) is 11.5. The topological polar surface area (TPSA) is 88.0 Å². The van der Waals surface area contributed by atoms with Crippen LogP contribution in [0.1, 0.15) is 76.0 Å². The zero-order chi connectivity index (χ0) is 26.1. The third kappa shape index (κ3) is 7.94. The predicted octanol–water partition coefficient (Wildman–Crippen LogP) is 5.76. The van der Waals surface area contributed by atoms with Gasteiger partial charge in [0.2, 0.25) is 6.41 Å². The molecule has 0 saturated heterocycles. The maximum absolute atomic E-state index is 11.6. The lowest BCUT2D eigenvalue weighted by Crippen LogP contribution is -2.48. The van der Waals surface area contributed by atoms with Crippen LogP contribution in [0.4, 0.5) is 0 Å². The number of ether oxygens (including phenoxy) is 1. The fraction of sp³-hybridized carbons (Fsp3) is 0.483. The van der Waals surface area contributed by atoms with Gasteiger partial charge in [0, 0.05) is 5.92 Å². The molecule has 1 aliphatic carbocycles. The van der Waals surface area contributed by atoms with E-state index in [9.17, 15) is 9.90 Å². The molecular formula is C29H40N2O4. The largest absolute Gasteiger partial charge is 0.508 e. The lowest BCUT2D eigenvalue weighted by Gasteiger charge is -2.42. The van der Waals surface area contributed by atoms with Crippen LogP contribution in [0.2, 0.25) is 0 Å². The summed E-state index contributed by atoms with van der Waals surface area (Å²) in [5.74, 6) is 0.853. The van der Waals surface area contributed by atoms with E-state index in [-0.39, 0.29) is 17.1 Å². The van der Waals surface area contributed by atoms with Crippen molar-refractivity contribution in [2.45, 2.75) is 71.9 Å². The lowest BCUT2D eigenvalue weighted by molar-refractivity contribution is -0.126. The Morgan fingerprint density at radius 2 is 1.74 bits per heavy atom. The molecule has 1 saturated carbocycles. The van der Waals surface area contributed by atoms with Crippen LogP contribution in [0.15, 0.2) is 53.5 Å². The Balaban J connectivity index is 0.00000100. The van der Waals surface area contributed by atoms with Crippen molar-refractivity contribution >= 4 is 18.6 Å². The van der Waals surface area contributed by atoms with E-state index in [1.165, 1.54) is 12.7 Å². The van der Waals surface area contributed by atoms with Gasteiger partial charge in [0.15, 0.2) is 0 Å².